The molecule has 1 heterocycles. The third-order valence-electron chi connectivity index (χ3n) is 2.98. The van der Waals surface area contributed by atoms with Gasteiger partial charge >= 0.3 is 6.09 Å². The van der Waals surface area contributed by atoms with Crippen molar-refractivity contribution in [3.63, 3.8) is 0 Å². The first kappa shape index (κ1) is 16.8. The quantitative estimate of drug-likeness (QED) is 0.845. The summed E-state index contributed by atoms with van der Waals surface area (Å²) in [6, 6.07) is 2.27. The molecular weight excluding hydrogens is 323 g/mol. The van der Waals surface area contributed by atoms with Crippen molar-refractivity contribution < 1.29 is 18.7 Å². The van der Waals surface area contributed by atoms with Crippen LogP contribution in [0.5, 0.6) is 5.75 Å². The van der Waals surface area contributed by atoms with Crippen molar-refractivity contribution in [2.24, 2.45) is 0 Å². The summed E-state index contributed by atoms with van der Waals surface area (Å²) in [5.41, 5.74) is 0.468. The van der Waals surface area contributed by atoms with Crippen LogP contribution in [0.4, 0.5) is 14.9 Å². The van der Waals surface area contributed by atoms with E-state index in [-0.39, 0.29) is 34.7 Å². The van der Waals surface area contributed by atoms with Gasteiger partial charge in [-0.1, -0.05) is 17.5 Å². The second kappa shape index (κ2) is 6.71. The molecule has 0 unspecified atom stereocenters. The Balaban J connectivity index is 2.44. The highest BCUT2D eigenvalue weighted by Gasteiger charge is 2.37. The van der Waals surface area contributed by atoms with E-state index in [1.165, 1.54) is 6.07 Å². The topological polar surface area (TPSA) is 62.6 Å². The molecule has 1 amide bonds. The molecule has 23 heavy (non-hydrogen) atoms. The highest BCUT2D eigenvalue weighted by Crippen LogP contribution is 2.35. The van der Waals surface area contributed by atoms with E-state index in [9.17, 15) is 9.18 Å². The van der Waals surface area contributed by atoms with Gasteiger partial charge in [-0.05, 0) is 32.4 Å². The van der Waals surface area contributed by atoms with Gasteiger partial charge in [0, 0.05) is 6.07 Å². The zero-order valence-corrected chi connectivity index (χ0v) is 13.5. The van der Waals surface area contributed by atoms with Crippen LogP contribution in [0.2, 0.25) is 5.02 Å². The number of benzene rings is 1. The van der Waals surface area contributed by atoms with Gasteiger partial charge in [0.15, 0.2) is 11.6 Å². The SMILES string of the molecule is CC#CCOc1cc(N2C(=N)C(=C(C)C)OC2=O)c(F)cc1Cl. The Kier molecular flexibility index (Phi) is 4.92. The van der Waals surface area contributed by atoms with Gasteiger partial charge in [0.2, 0.25) is 0 Å². The summed E-state index contributed by atoms with van der Waals surface area (Å²) in [6.07, 6.45) is -0.855. The number of rotatable bonds is 3. The van der Waals surface area contributed by atoms with Crippen molar-refractivity contribution in [1.82, 2.24) is 0 Å². The molecule has 1 N–H and O–H groups in total. The molecule has 1 aromatic rings. The molecule has 5 nitrogen and oxygen atoms in total. The van der Waals surface area contributed by atoms with Crippen LogP contribution in [0.3, 0.4) is 0 Å². The number of nitrogens with zero attached hydrogens (tertiary/aromatic N) is 1. The van der Waals surface area contributed by atoms with E-state index >= 15 is 0 Å². The Morgan fingerprint density at radius 1 is 1.48 bits per heavy atom. The Morgan fingerprint density at radius 3 is 2.74 bits per heavy atom. The smallest absolute Gasteiger partial charge is 0.425 e. The molecule has 2 rings (SSSR count). The fraction of sp³-hybridized carbons (Fsp3) is 0.250. The molecule has 1 aromatic carbocycles. The number of halogens is 2. The van der Waals surface area contributed by atoms with Crippen LogP contribution in [-0.4, -0.2) is 18.5 Å². The summed E-state index contributed by atoms with van der Waals surface area (Å²) in [5.74, 6) is 4.60. The van der Waals surface area contributed by atoms with E-state index < -0.39 is 11.9 Å². The van der Waals surface area contributed by atoms with Gasteiger partial charge in [0.1, 0.15) is 18.2 Å². The van der Waals surface area contributed by atoms with E-state index in [0.717, 1.165) is 11.0 Å². The maximum absolute atomic E-state index is 14.2. The number of cyclic esters (lactones) is 1. The van der Waals surface area contributed by atoms with E-state index in [1.54, 1.807) is 20.8 Å². The van der Waals surface area contributed by atoms with Crippen LogP contribution < -0.4 is 9.64 Å². The largest absolute Gasteiger partial charge is 0.479 e. The molecule has 0 atom stereocenters. The molecule has 1 fully saturated rings. The monoisotopic (exact) mass is 336 g/mol. The van der Waals surface area contributed by atoms with Crippen LogP contribution in [0.25, 0.3) is 0 Å². The molecule has 0 bridgehead atoms. The maximum atomic E-state index is 14.2. The summed E-state index contributed by atoms with van der Waals surface area (Å²) in [7, 11) is 0. The van der Waals surface area contributed by atoms with Crippen LogP contribution in [0.15, 0.2) is 23.5 Å². The summed E-state index contributed by atoms with van der Waals surface area (Å²) in [4.78, 5) is 12.8. The van der Waals surface area contributed by atoms with Crippen molar-refractivity contribution in [1.29, 1.82) is 5.41 Å². The molecule has 7 heteroatoms. The van der Waals surface area contributed by atoms with Gasteiger partial charge in [-0.3, -0.25) is 5.41 Å². The van der Waals surface area contributed by atoms with Gasteiger partial charge in [-0.15, -0.1) is 5.92 Å². The van der Waals surface area contributed by atoms with Gasteiger partial charge in [0.05, 0.1) is 10.7 Å². The van der Waals surface area contributed by atoms with Gasteiger partial charge in [-0.2, -0.15) is 0 Å². The third-order valence-corrected chi connectivity index (χ3v) is 3.28. The number of carbonyl (C=O) groups is 1. The summed E-state index contributed by atoms with van der Waals surface area (Å²) in [5, 5.41) is 8.06. The van der Waals surface area contributed by atoms with Gasteiger partial charge in [-0.25, -0.2) is 14.1 Å². The molecule has 1 saturated heterocycles. The van der Waals surface area contributed by atoms with Crippen molar-refractivity contribution in [3.05, 3.63) is 34.3 Å². The van der Waals surface area contributed by atoms with Crippen molar-refractivity contribution in [2.45, 2.75) is 20.8 Å². The third kappa shape index (κ3) is 3.30. The molecule has 1 aliphatic rings. The van der Waals surface area contributed by atoms with E-state index in [0.29, 0.717) is 5.57 Å². The van der Waals surface area contributed by atoms with Crippen LogP contribution in [0, 0.1) is 23.1 Å². The Labute approximate surface area is 138 Å². The first-order valence-corrected chi connectivity index (χ1v) is 7.04. The van der Waals surface area contributed by atoms with E-state index in [4.69, 9.17) is 26.5 Å². The second-order valence-corrected chi connectivity index (χ2v) is 5.24. The molecule has 0 spiro atoms. The normalized spacial score (nSPS) is 13.6. The number of anilines is 1. The standard InChI is InChI=1S/C16H14ClFN2O3/c1-4-5-6-22-13-8-12(11(18)7-10(13)17)20-15(19)14(9(2)3)23-16(20)21/h7-8,19H,6H2,1-3H3. The number of allylic oxidation sites excluding steroid dienone is 1. The lowest BCUT2D eigenvalue weighted by molar-refractivity contribution is 0.198. The number of hydrogen-bond acceptors (Lipinski definition) is 4. The predicted octanol–water partition coefficient (Wildman–Crippen LogP) is 4.11. The van der Waals surface area contributed by atoms with Crippen LogP contribution >= 0.6 is 11.6 Å². The highest BCUT2D eigenvalue weighted by atomic mass is 35.5. The lowest BCUT2D eigenvalue weighted by Gasteiger charge is -2.15. The number of nitrogens with one attached hydrogen (secondary N) is 1. The Morgan fingerprint density at radius 2 is 2.17 bits per heavy atom. The van der Waals surface area contributed by atoms with Crippen molar-refractivity contribution in [2.75, 3.05) is 11.5 Å². The van der Waals surface area contributed by atoms with Crippen molar-refractivity contribution >= 4 is 29.2 Å². The van der Waals surface area contributed by atoms with Gasteiger partial charge in [0.25, 0.3) is 0 Å². The molecule has 120 valence electrons. The van der Waals surface area contributed by atoms with Crippen LogP contribution in [-0.2, 0) is 4.74 Å². The molecule has 1 aliphatic heterocycles. The fourth-order valence-corrected chi connectivity index (χ4v) is 2.12. The Bertz CT molecular complexity index is 774. The zero-order chi connectivity index (χ0) is 17.1. The average Bonchev–Trinajstić information content (AvgIpc) is 2.77. The number of hydrogen-bond donors (Lipinski definition) is 1. The predicted molar refractivity (Wildman–Crippen MR) is 85.4 cm³/mol. The first-order chi connectivity index (χ1) is 10.9. The molecular formula is C16H14ClFN2O3. The second-order valence-electron chi connectivity index (χ2n) is 4.83. The number of amides is 1. The maximum Gasteiger partial charge on any atom is 0.425 e. The fourth-order valence-electron chi connectivity index (χ4n) is 1.92. The minimum absolute atomic E-state index is 0.0469. The summed E-state index contributed by atoms with van der Waals surface area (Å²) < 4.78 is 24.6. The number of carbonyl (C=O) groups excluding carboxylic acids is 1. The molecule has 0 aromatic heterocycles. The first-order valence-electron chi connectivity index (χ1n) is 6.66. The molecule has 0 radical (unpaired) electrons. The number of amidine groups is 1. The molecule has 0 aliphatic carbocycles. The van der Waals surface area contributed by atoms with E-state index in [2.05, 4.69) is 11.8 Å². The summed E-state index contributed by atoms with van der Waals surface area (Å²) >= 11 is 5.93. The van der Waals surface area contributed by atoms with Crippen molar-refractivity contribution in [3.8, 4) is 17.6 Å². The van der Waals surface area contributed by atoms with E-state index in [1.807, 2.05) is 0 Å². The molecule has 0 saturated carbocycles. The minimum atomic E-state index is -0.855. The number of ether oxygens (including phenoxy) is 2. The highest BCUT2D eigenvalue weighted by molar-refractivity contribution is 6.32. The Hall–Kier alpha value is -2.52. The average molecular weight is 337 g/mol. The van der Waals surface area contributed by atoms with Gasteiger partial charge < -0.3 is 9.47 Å². The van der Waals surface area contributed by atoms with Crippen LogP contribution in [0.1, 0.15) is 20.8 Å². The summed E-state index contributed by atoms with van der Waals surface area (Å²) in [6.45, 7) is 5.11. The lowest BCUT2D eigenvalue weighted by Crippen LogP contribution is -2.29. The lowest BCUT2D eigenvalue weighted by atomic mass is 10.2. The minimum Gasteiger partial charge on any atom is -0.479 e. The zero-order valence-electron chi connectivity index (χ0n) is 12.8.